The second kappa shape index (κ2) is 7.33. The Morgan fingerprint density at radius 2 is 1.67 bits per heavy atom. The maximum Gasteiger partial charge on any atom is 0.126 e. The predicted octanol–water partition coefficient (Wildman–Crippen LogP) is 5.06. The van der Waals surface area contributed by atoms with Crippen LogP contribution in [0.4, 0.5) is 4.39 Å². The number of nitrogens with zero attached hydrogens (tertiary/aromatic N) is 1. The van der Waals surface area contributed by atoms with E-state index in [-0.39, 0.29) is 23.8 Å². The van der Waals surface area contributed by atoms with Gasteiger partial charge in [-0.05, 0) is 36.2 Å². The van der Waals surface area contributed by atoms with Crippen LogP contribution in [0.5, 0.6) is 5.75 Å². The van der Waals surface area contributed by atoms with Gasteiger partial charge in [-0.3, -0.25) is 10.3 Å². The van der Waals surface area contributed by atoms with Gasteiger partial charge in [0.25, 0.3) is 0 Å². The molecule has 0 aliphatic carbocycles. The number of benzene rings is 3. The third-order valence-electron chi connectivity index (χ3n) is 4.92. The zero-order chi connectivity index (χ0) is 18.8. The molecule has 0 fully saturated rings. The summed E-state index contributed by atoms with van der Waals surface area (Å²) in [5.41, 5.74) is 4.96. The van der Waals surface area contributed by atoms with Gasteiger partial charge in [0, 0.05) is 23.7 Å². The van der Waals surface area contributed by atoms with Crippen molar-refractivity contribution >= 4 is 5.71 Å². The first kappa shape index (κ1) is 17.4. The number of nitrogens with one attached hydrogen (secondary N) is 1. The maximum atomic E-state index is 13.3. The molecule has 1 aliphatic rings. The number of phenolic OH excluding ortho intramolecular Hbond substituents is 1. The molecule has 3 aromatic carbocycles. The Bertz CT molecular complexity index is 964. The fourth-order valence-corrected chi connectivity index (χ4v) is 3.42. The molecular weight excluding hydrogens is 339 g/mol. The summed E-state index contributed by atoms with van der Waals surface area (Å²) in [5, 5.41) is 13.8. The first-order valence-corrected chi connectivity index (χ1v) is 9.03. The molecule has 0 radical (unpaired) electrons. The number of hydrogen-bond acceptors (Lipinski definition) is 3. The van der Waals surface area contributed by atoms with Gasteiger partial charge in [-0.25, -0.2) is 4.39 Å². The van der Waals surface area contributed by atoms with E-state index in [0.29, 0.717) is 6.42 Å². The number of rotatable bonds is 3. The monoisotopic (exact) mass is 360 g/mol. The van der Waals surface area contributed by atoms with Crippen molar-refractivity contribution in [2.75, 3.05) is 0 Å². The highest BCUT2D eigenvalue weighted by molar-refractivity contribution is 6.01. The van der Waals surface area contributed by atoms with Gasteiger partial charge in [-0.1, -0.05) is 60.2 Å². The third kappa shape index (κ3) is 3.76. The van der Waals surface area contributed by atoms with Crippen molar-refractivity contribution in [3.05, 3.63) is 101 Å². The number of para-hydroxylation sites is 1. The van der Waals surface area contributed by atoms with Gasteiger partial charge in [0.1, 0.15) is 17.7 Å². The average Bonchev–Trinajstić information content (AvgIpc) is 2.69. The van der Waals surface area contributed by atoms with Crippen molar-refractivity contribution < 1.29 is 9.50 Å². The van der Waals surface area contributed by atoms with E-state index in [2.05, 4.69) is 36.5 Å². The molecule has 0 spiro atoms. The van der Waals surface area contributed by atoms with Gasteiger partial charge in [-0.15, -0.1) is 0 Å². The Labute approximate surface area is 158 Å². The van der Waals surface area contributed by atoms with Crippen LogP contribution in [-0.4, -0.2) is 10.8 Å². The smallest absolute Gasteiger partial charge is 0.126 e. The molecule has 0 amide bonds. The lowest BCUT2D eigenvalue weighted by Gasteiger charge is -2.31. The second-order valence-electron chi connectivity index (χ2n) is 6.88. The highest BCUT2D eigenvalue weighted by Crippen LogP contribution is 2.34. The normalized spacial score (nSPS) is 19.6. The summed E-state index contributed by atoms with van der Waals surface area (Å²) in [4.78, 5) is 4.89. The van der Waals surface area contributed by atoms with Crippen molar-refractivity contribution in [2.24, 2.45) is 4.99 Å². The molecule has 2 N–H and O–H groups in total. The Morgan fingerprint density at radius 1 is 0.963 bits per heavy atom. The van der Waals surface area contributed by atoms with E-state index in [9.17, 15) is 9.50 Å². The summed E-state index contributed by atoms with van der Waals surface area (Å²) in [6, 6.07) is 21.9. The van der Waals surface area contributed by atoms with Crippen molar-refractivity contribution in [3.8, 4) is 5.75 Å². The second-order valence-corrected chi connectivity index (χ2v) is 6.88. The molecule has 0 saturated carbocycles. The summed E-state index contributed by atoms with van der Waals surface area (Å²) in [6.45, 7) is 2.06. The number of aromatic hydroxyl groups is 1. The topological polar surface area (TPSA) is 44.6 Å². The minimum atomic E-state index is -0.305. The molecule has 136 valence electrons. The van der Waals surface area contributed by atoms with Crippen LogP contribution in [-0.2, 0) is 0 Å². The van der Waals surface area contributed by atoms with Gasteiger partial charge in [-0.2, -0.15) is 0 Å². The van der Waals surface area contributed by atoms with Crippen LogP contribution in [0.25, 0.3) is 0 Å². The van der Waals surface area contributed by atoms with Crippen LogP contribution < -0.4 is 5.32 Å². The van der Waals surface area contributed by atoms with Gasteiger partial charge in [0.05, 0.1) is 0 Å². The average molecular weight is 360 g/mol. The molecule has 1 aliphatic heterocycles. The van der Waals surface area contributed by atoms with Crippen molar-refractivity contribution in [2.45, 2.75) is 25.6 Å². The summed E-state index contributed by atoms with van der Waals surface area (Å²) in [7, 11) is 0. The minimum absolute atomic E-state index is 0.0879. The highest BCUT2D eigenvalue weighted by atomic mass is 19.1. The van der Waals surface area contributed by atoms with Crippen LogP contribution in [0.15, 0.2) is 77.8 Å². The van der Waals surface area contributed by atoms with Gasteiger partial charge >= 0.3 is 0 Å². The first-order valence-electron chi connectivity index (χ1n) is 9.03. The van der Waals surface area contributed by atoms with Crippen LogP contribution in [0, 0.1) is 12.7 Å². The lowest BCUT2D eigenvalue weighted by molar-refractivity contribution is 0.412. The molecule has 2 atom stereocenters. The molecule has 0 bridgehead atoms. The van der Waals surface area contributed by atoms with Gasteiger partial charge < -0.3 is 5.11 Å². The largest absolute Gasteiger partial charge is 0.508 e. The van der Waals surface area contributed by atoms with E-state index in [1.165, 1.54) is 17.7 Å². The molecular formula is C23H21FN2O. The molecule has 4 heteroatoms. The molecule has 27 heavy (non-hydrogen) atoms. The summed E-state index contributed by atoms with van der Waals surface area (Å²) in [6.07, 6.45) is 0.360. The molecule has 1 heterocycles. The number of halogens is 1. The standard InChI is InChI=1S/C23H21FN2O/c1-15-6-8-16(9-7-15)20-14-21(19-4-2-3-5-22(19)27)26-23(25-20)17-10-12-18(24)13-11-17/h2-13,21,23,26-27H,14H2,1H3. The van der Waals surface area contributed by atoms with E-state index >= 15 is 0 Å². The van der Waals surface area contributed by atoms with E-state index in [0.717, 1.165) is 22.4 Å². The Kier molecular flexibility index (Phi) is 4.73. The fraction of sp³-hybridized carbons (Fsp3) is 0.174. The molecule has 3 nitrogen and oxygen atoms in total. The third-order valence-corrected chi connectivity index (χ3v) is 4.92. The van der Waals surface area contributed by atoms with E-state index in [1.807, 2.05) is 18.2 Å². The quantitative estimate of drug-likeness (QED) is 0.685. The van der Waals surface area contributed by atoms with Crippen molar-refractivity contribution in [1.82, 2.24) is 5.32 Å². The molecule has 3 aromatic rings. The van der Waals surface area contributed by atoms with Crippen molar-refractivity contribution in [3.63, 3.8) is 0 Å². The van der Waals surface area contributed by atoms with E-state index in [1.54, 1.807) is 18.2 Å². The van der Waals surface area contributed by atoms with Gasteiger partial charge in [0.15, 0.2) is 0 Å². The number of aryl methyl sites for hydroxylation is 1. The Balaban J connectivity index is 1.75. The highest BCUT2D eigenvalue weighted by Gasteiger charge is 2.27. The van der Waals surface area contributed by atoms with Crippen LogP contribution in [0.1, 0.15) is 40.9 Å². The zero-order valence-corrected chi connectivity index (χ0v) is 15.1. The van der Waals surface area contributed by atoms with E-state index < -0.39 is 0 Å². The molecule has 0 aromatic heterocycles. The Morgan fingerprint density at radius 3 is 2.37 bits per heavy atom. The van der Waals surface area contributed by atoms with Crippen molar-refractivity contribution in [1.29, 1.82) is 0 Å². The summed E-state index contributed by atoms with van der Waals surface area (Å²) < 4.78 is 13.3. The number of hydrogen-bond donors (Lipinski definition) is 2. The SMILES string of the molecule is Cc1ccc(C2=NC(c3ccc(F)cc3)NC(c3ccccc3O)C2)cc1. The summed E-state index contributed by atoms with van der Waals surface area (Å²) >= 11 is 0. The molecule has 4 rings (SSSR count). The van der Waals surface area contributed by atoms with Crippen LogP contribution in [0.3, 0.4) is 0 Å². The molecule has 0 saturated heterocycles. The lowest BCUT2D eigenvalue weighted by atomic mass is 9.93. The summed E-state index contributed by atoms with van der Waals surface area (Å²) in [5.74, 6) is -0.00689. The zero-order valence-electron chi connectivity index (χ0n) is 15.1. The van der Waals surface area contributed by atoms with Gasteiger partial charge in [0.2, 0.25) is 0 Å². The predicted molar refractivity (Wildman–Crippen MR) is 105 cm³/mol. The number of phenols is 1. The maximum absolute atomic E-state index is 13.3. The van der Waals surface area contributed by atoms with E-state index in [4.69, 9.17) is 4.99 Å². The number of aliphatic imine (C=N–C) groups is 1. The van der Waals surface area contributed by atoms with Crippen LogP contribution >= 0.6 is 0 Å². The first-order chi connectivity index (χ1) is 13.1. The minimum Gasteiger partial charge on any atom is -0.508 e. The van der Waals surface area contributed by atoms with Crippen LogP contribution in [0.2, 0.25) is 0 Å². The lowest BCUT2D eigenvalue weighted by Crippen LogP contribution is -2.33. The fourth-order valence-electron chi connectivity index (χ4n) is 3.42. The molecule has 2 unspecified atom stereocenters. The Hall–Kier alpha value is -2.98.